The van der Waals surface area contributed by atoms with Crippen LogP contribution < -0.4 is 5.32 Å². The molecule has 2 aromatic carbocycles. The van der Waals surface area contributed by atoms with Crippen LogP contribution in [-0.4, -0.2) is 15.1 Å². The maximum absolute atomic E-state index is 12.3. The molecule has 0 aliphatic carbocycles. The zero-order chi connectivity index (χ0) is 16.2. The Balaban J connectivity index is 2.15. The largest absolute Gasteiger partial charge is 0.336 e. The number of carbonyl (C=O) groups excluding carboxylic acids is 1. The molecular formula is C16H14Cl3NOS. The van der Waals surface area contributed by atoms with Gasteiger partial charge >= 0.3 is 0 Å². The minimum atomic E-state index is -1.63. The maximum Gasteiger partial charge on any atom is 0.252 e. The molecule has 1 atom stereocenters. The van der Waals surface area contributed by atoms with Crippen molar-refractivity contribution in [2.45, 2.75) is 21.0 Å². The lowest BCUT2D eigenvalue weighted by Crippen LogP contribution is -2.41. The van der Waals surface area contributed by atoms with Crippen molar-refractivity contribution in [1.29, 1.82) is 0 Å². The standard InChI is InChI=1S/C16H14Cl3NOS/c1-11-6-5-7-12(10-11)14(21)20-15(16(17,18)19)22-13-8-3-2-4-9-13/h2-10,15H,1H3,(H,20,21)/t15-/m1/s1. The van der Waals surface area contributed by atoms with Gasteiger partial charge in [-0.25, -0.2) is 0 Å². The Morgan fingerprint density at radius 3 is 2.36 bits per heavy atom. The maximum atomic E-state index is 12.3. The summed E-state index contributed by atoms with van der Waals surface area (Å²) in [5.41, 5.74) is 1.53. The molecule has 0 unspecified atom stereocenters. The van der Waals surface area contributed by atoms with E-state index in [2.05, 4.69) is 5.32 Å². The first-order valence-corrected chi connectivity index (χ1v) is 8.53. The van der Waals surface area contributed by atoms with Gasteiger partial charge in [-0.15, -0.1) is 0 Å². The predicted octanol–water partition coefficient (Wildman–Crippen LogP) is 5.21. The number of rotatable bonds is 4. The molecule has 2 nitrogen and oxygen atoms in total. The minimum Gasteiger partial charge on any atom is -0.336 e. The van der Waals surface area contributed by atoms with Crippen LogP contribution in [0.5, 0.6) is 0 Å². The molecule has 0 aliphatic heterocycles. The van der Waals surface area contributed by atoms with Crippen molar-refractivity contribution in [1.82, 2.24) is 5.32 Å². The monoisotopic (exact) mass is 373 g/mol. The number of benzene rings is 2. The van der Waals surface area contributed by atoms with Gasteiger partial charge in [-0.2, -0.15) is 0 Å². The summed E-state index contributed by atoms with van der Waals surface area (Å²) in [6, 6.07) is 16.7. The lowest BCUT2D eigenvalue weighted by molar-refractivity contribution is 0.0950. The second kappa shape index (κ2) is 7.60. The normalized spacial score (nSPS) is 12.7. The highest BCUT2D eigenvalue weighted by molar-refractivity contribution is 8.00. The Morgan fingerprint density at radius 2 is 1.77 bits per heavy atom. The van der Waals surface area contributed by atoms with E-state index in [1.807, 2.05) is 49.4 Å². The quantitative estimate of drug-likeness (QED) is 0.452. The Hall–Kier alpha value is -0.870. The molecule has 2 aromatic rings. The molecule has 0 spiro atoms. The number of aryl methyl sites for hydroxylation is 1. The van der Waals surface area contributed by atoms with Crippen LogP contribution in [0, 0.1) is 6.92 Å². The van der Waals surface area contributed by atoms with Crippen LogP contribution in [0.25, 0.3) is 0 Å². The lowest BCUT2D eigenvalue weighted by atomic mass is 10.1. The van der Waals surface area contributed by atoms with E-state index in [0.29, 0.717) is 5.56 Å². The number of thioether (sulfide) groups is 1. The number of amides is 1. The van der Waals surface area contributed by atoms with E-state index in [9.17, 15) is 4.79 Å². The van der Waals surface area contributed by atoms with Gasteiger partial charge in [-0.1, -0.05) is 82.5 Å². The SMILES string of the molecule is Cc1cccc(C(=O)N[C@H](Sc2ccccc2)C(Cl)(Cl)Cl)c1. The smallest absolute Gasteiger partial charge is 0.252 e. The lowest BCUT2D eigenvalue weighted by Gasteiger charge is -2.25. The first-order valence-electron chi connectivity index (χ1n) is 6.52. The number of nitrogens with one attached hydrogen (secondary N) is 1. The van der Waals surface area contributed by atoms with Crippen LogP contribution in [0.1, 0.15) is 15.9 Å². The van der Waals surface area contributed by atoms with Crippen molar-refractivity contribution in [3.63, 3.8) is 0 Å². The van der Waals surface area contributed by atoms with Crippen molar-refractivity contribution in [2.75, 3.05) is 0 Å². The molecule has 0 bridgehead atoms. The zero-order valence-corrected chi connectivity index (χ0v) is 14.8. The molecule has 1 N–H and O–H groups in total. The highest BCUT2D eigenvalue weighted by atomic mass is 35.6. The van der Waals surface area contributed by atoms with Gasteiger partial charge in [-0.05, 0) is 31.2 Å². The Morgan fingerprint density at radius 1 is 1.09 bits per heavy atom. The number of hydrogen-bond acceptors (Lipinski definition) is 2. The summed E-state index contributed by atoms with van der Waals surface area (Å²) in [5, 5.41) is 2.08. The minimum absolute atomic E-state index is 0.275. The fraction of sp³-hybridized carbons (Fsp3) is 0.188. The Kier molecular flexibility index (Phi) is 6.04. The van der Waals surface area contributed by atoms with E-state index in [1.54, 1.807) is 12.1 Å². The van der Waals surface area contributed by atoms with Gasteiger partial charge in [0.1, 0.15) is 5.37 Å². The van der Waals surface area contributed by atoms with Crippen LogP contribution in [0.2, 0.25) is 0 Å². The summed E-state index contributed by atoms with van der Waals surface area (Å²) >= 11 is 19.3. The van der Waals surface area contributed by atoms with E-state index in [1.165, 1.54) is 11.8 Å². The van der Waals surface area contributed by atoms with E-state index < -0.39 is 9.17 Å². The molecule has 0 saturated heterocycles. The first kappa shape index (κ1) is 17.5. The van der Waals surface area contributed by atoms with Crippen molar-refractivity contribution in [3.05, 3.63) is 65.7 Å². The summed E-state index contributed by atoms with van der Waals surface area (Å²) in [4.78, 5) is 13.2. The Bertz CT molecular complexity index is 643. The van der Waals surface area contributed by atoms with E-state index >= 15 is 0 Å². The summed E-state index contributed by atoms with van der Waals surface area (Å²) < 4.78 is -1.63. The van der Waals surface area contributed by atoms with Crippen LogP contribution in [0.15, 0.2) is 59.5 Å². The second-order valence-corrected chi connectivity index (χ2v) is 8.24. The van der Waals surface area contributed by atoms with E-state index in [4.69, 9.17) is 34.8 Å². The van der Waals surface area contributed by atoms with Crippen molar-refractivity contribution in [2.24, 2.45) is 0 Å². The molecular weight excluding hydrogens is 361 g/mol. The first-order chi connectivity index (χ1) is 10.4. The topological polar surface area (TPSA) is 29.1 Å². The summed E-state index contributed by atoms with van der Waals surface area (Å²) in [6.45, 7) is 1.92. The molecule has 1 amide bonds. The van der Waals surface area contributed by atoms with Crippen molar-refractivity contribution < 1.29 is 4.79 Å². The average molecular weight is 375 g/mol. The zero-order valence-electron chi connectivity index (χ0n) is 11.7. The van der Waals surface area contributed by atoms with Gasteiger partial charge in [-0.3, -0.25) is 4.79 Å². The average Bonchev–Trinajstić information content (AvgIpc) is 2.46. The molecule has 2 rings (SSSR count). The molecule has 0 aliphatic rings. The highest BCUT2D eigenvalue weighted by Crippen LogP contribution is 2.39. The predicted molar refractivity (Wildman–Crippen MR) is 95.0 cm³/mol. The summed E-state index contributed by atoms with van der Waals surface area (Å²) in [5.74, 6) is -0.275. The van der Waals surface area contributed by atoms with Gasteiger partial charge in [0.2, 0.25) is 3.79 Å². The van der Waals surface area contributed by atoms with Gasteiger partial charge < -0.3 is 5.32 Å². The highest BCUT2D eigenvalue weighted by Gasteiger charge is 2.35. The summed E-state index contributed by atoms with van der Waals surface area (Å²) in [7, 11) is 0. The van der Waals surface area contributed by atoms with Crippen LogP contribution in [-0.2, 0) is 0 Å². The molecule has 6 heteroatoms. The molecule has 0 aromatic heterocycles. The fourth-order valence-corrected chi connectivity index (χ4v) is 3.25. The number of alkyl halides is 3. The van der Waals surface area contributed by atoms with Gasteiger partial charge in [0.05, 0.1) is 0 Å². The molecule has 0 saturated carbocycles. The Labute approximate surface area is 149 Å². The van der Waals surface area contributed by atoms with Gasteiger partial charge in [0, 0.05) is 10.5 Å². The molecule has 0 fully saturated rings. The van der Waals surface area contributed by atoms with E-state index in [-0.39, 0.29) is 5.91 Å². The summed E-state index contributed by atoms with van der Waals surface area (Å²) in [6.07, 6.45) is 0. The molecule has 0 heterocycles. The third-order valence-electron chi connectivity index (χ3n) is 2.84. The second-order valence-electron chi connectivity index (χ2n) is 4.70. The van der Waals surface area contributed by atoms with Gasteiger partial charge in [0.25, 0.3) is 5.91 Å². The molecule has 0 radical (unpaired) electrons. The fourth-order valence-electron chi connectivity index (χ4n) is 1.80. The molecule has 22 heavy (non-hydrogen) atoms. The van der Waals surface area contributed by atoms with Crippen LogP contribution >= 0.6 is 46.6 Å². The molecule has 116 valence electrons. The number of halogens is 3. The third-order valence-corrected chi connectivity index (χ3v) is 5.13. The third kappa shape index (κ3) is 5.10. The van der Waals surface area contributed by atoms with Gasteiger partial charge in [0.15, 0.2) is 0 Å². The van der Waals surface area contributed by atoms with Crippen molar-refractivity contribution in [3.8, 4) is 0 Å². The van der Waals surface area contributed by atoms with Crippen molar-refractivity contribution >= 4 is 52.5 Å². The van der Waals surface area contributed by atoms with Crippen LogP contribution in [0.4, 0.5) is 0 Å². The number of carbonyl (C=O) groups is 1. The van der Waals surface area contributed by atoms with E-state index in [0.717, 1.165) is 10.5 Å². The number of hydrogen-bond donors (Lipinski definition) is 1. The van der Waals surface area contributed by atoms with Crippen LogP contribution in [0.3, 0.4) is 0 Å².